The van der Waals surface area contributed by atoms with E-state index in [9.17, 15) is 17.6 Å². The Hall–Kier alpha value is -2.19. The average molecular weight is 386 g/mol. The van der Waals surface area contributed by atoms with E-state index >= 15 is 0 Å². The molecule has 6 nitrogen and oxygen atoms in total. The predicted molar refractivity (Wildman–Crippen MR) is 94.5 cm³/mol. The number of halogens is 2. The minimum absolute atomic E-state index is 0.00540. The third-order valence-electron chi connectivity index (χ3n) is 3.45. The van der Waals surface area contributed by atoms with Gasteiger partial charge in [0.05, 0.1) is 11.3 Å². The number of carbonyl (C=O) groups is 1. The van der Waals surface area contributed by atoms with Crippen molar-refractivity contribution in [1.82, 2.24) is 9.88 Å². The number of nitrogens with one attached hydrogen (secondary N) is 1. The van der Waals surface area contributed by atoms with E-state index in [1.165, 1.54) is 49.3 Å². The van der Waals surface area contributed by atoms with Crippen LogP contribution in [0.2, 0.25) is 5.02 Å². The van der Waals surface area contributed by atoms with E-state index in [0.29, 0.717) is 0 Å². The molecule has 0 fully saturated rings. The third-order valence-corrected chi connectivity index (χ3v) is 5.09. The first-order valence-electron chi connectivity index (χ1n) is 7.38. The standard InChI is InChI=1S/C16H17ClFN3O3S/c1-3-25(23,24)20-15-8-7-11(9-19-15)16(22)21(2)10-12-13(17)5-4-6-14(12)18/h4-9H,3,10H2,1-2H3,(H,19,20). The highest BCUT2D eigenvalue weighted by atomic mass is 35.5. The Morgan fingerprint density at radius 2 is 2.04 bits per heavy atom. The molecule has 0 bridgehead atoms. The SMILES string of the molecule is CCS(=O)(=O)Nc1ccc(C(=O)N(C)Cc2c(F)cccc2Cl)cn1. The molecular formula is C16H17ClFN3O3S. The molecule has 0 aliphatic rings. The van der Waals surface area contributed by atoms with Crippen molar-refractivity contribution in [3.63, 3.8) is 0 Å². The zero-order valence-corrected chi connectivity index (χ0v) is 15.2. The van der Waals surface area contributed by atoms with Crippen molar-refractivity contribution in [2.45, 2.75) is 13.5 Å². The van der Waals surface area contributed by atoms with E-state index < -0.39 is 21.7 Å². The molecule has 134 valence electrons. The van der Waals surface area contributed by atoms with Gasteiger partial charge in [-0.25, -0.2) is 17.8 Å². The third kappa shape index (κ3) is 4.90. The Morgan fingerprint density at radius 3 is 2.60 bits per heavy atom. The maximum atomic E-state index is 13.8. The summed E-state index contributed by atoms with van der Waals surface area (Å²) in [6.07, 6.45) is 1.26. The lowest BCUT2D eigenvalue weighted by Gasteiger charge is -2.18. The van der Waals surface area contributed by atoms with Crippen LogP contribution in [-0.2, 0) is 16.6 Å². The van der Waals surface area contributed by atoms with Gasteiger partial charge in [0, 0.05) is 30.4 Å². The second-order valence-electron chi connectivity index (χ2n) is 5.30. The van der Waals surface area contributed by atoms with E-state index in [1.54, 1.807) is 6.07 Å². The van der Waals surface area contributed by atoms with Gasteiger partial charge >= 0.3 is 0 Å². The lowest BCUT2D eigenvalue weighted by Crippen LogP contribution is -2.27. The van der Waals surface area contributed by atoms with Crippen molar-refractivity contribution in [2.24, 2.45) is 0 Å². The van der Waals surface area contributed by atoms with Crippen molar-refractivity contribution in [3.8, 4) is 0 Å². The van der Waals surface area contributed by atoms with Gasteiger partial charge in [0.25, 0.3) is 5.91 Å². The fraction of sp³-hybridized carbons (Fsp3) is 0.250. The highest BCUT2D eigenvalue weighted by Crippen LogP contribution is 2.21. The summed E-state index contributed by atoms with van der Waals surface area (Å²) >= 11 is 5.96. The predicted octanol–water partition coefficient (Wildman–Crippen LogP) is 2.91. The molecule has 2 rings (SSSR count). The molecular weight excluding hydrogens is 369 g/mol. The zero-order chi connectivity index (χ0) is 18.6. The maximum Gasteiger partial charge on any atom is 0.255 e. The summed E-state index contributed by atoms with van der Waals surface area (Å²) in [6, 6.07) is 7.15. The number of anilines is 1. The van der Waals surface area contributed by atoms with Crippen LogP contribution in [0.1, 0.15) is 22.8 Å². The molecule has 0 aliphatic heterocycles. The second kappa shape index (κ2) is 7.79. The van der Waals surface area contributed by atoms with Gasteiger partial charge < -0.3 is 4.90 Å². The summed E-state index contributed by atoms with van der Waals surface area (Å²) in [7, 11) is -1.92. The molecule has 1 aromatic carbocycles. The Morgan fingerprint density at radius 1 is 1.32 bits per heavy atom. The molecule has 0 saturated carbocycles. The van der Waals surface area contributed by atoms with E-state index in [0.717, 1.165) is 0 Å². The van der Waals surface area contributed by atoms with Crippen LogP contribution in [0, 0.1) is 5.82 Å². The normalized spacial score (nSPS) is 11.2. The van der Waals surface area contributed by atoms with Crippen LogP contribution in [-0.4, -0.2) is 37.0 Å². The molecule has 9 heteroatoms. The smallest absolute Gasteiger partial charge is 0.255 e. The number of benzene rings is 1. The molecule has 1 aromatic heterocycles. The van der Waals surface area contributed by atoms with Crippen LogP contribution in [0.5, 0.6) is 0 Å². The molecule has 1 N–H and O–H groups in total. The summed E-state index contributed by atoms with van der Waals surface area (Å²) in [5, 5.41) is 0.238. The summed E-state index contributed by atoms with van der Waals surface area (Å²) in [4.78, 5) is 17.6. The number of rotatable bonds is 6. The molecule has 1 amide bonds. The van der Waals surface area contributed by atoms with Crippen LogP contribution in [0.25, 0.3) is 0 Å². The topological polar surface area (TPSA) is 79.4 Å². The minimum atomic E-state index is -3.44. The summed E-state index contributed by atoms with van der Waals surface area (Å²) in [6.45, 7) is 1.50. The van der Waals surface area contributed by atoms with Gasteiger partial charge in [-0.1, -0.05) is 17.7 Å². The first-order chi connectivity index (χ1) is 11.7. The quantitative estimate of drug-likeness (QED) is 0.829. The van der Waals surface area contributed by atoms with Gasteiger partial charge in [-0.15, -0.1) is 0 Å². The van der Waals surface area contributed by atoms with Gasteiger partial charge in [-0.3, -0.25) is 9.52 Å². The number of hydrogen-bond donors (Lipinski definition) is 1. The molecule has 1 heterocycles. The van der Waals surface area contributed by atoms with E-state index in [4.69, 9.17) is 11.6 Å². The van der Waals surface area contributed by atoms with Crippen LogP contribution in [0.15, 0.2) is 36.5 Å². The summed E-state index contributed by atoms with van der Waals surface area (Å²) in [5.41, 5.74) is 0.467. The summed E-state index contributed by atoms with van der Waals surface area (Å²) < 4.78 is 39.1. The highest BCUT2D eigenvalue weighted by Gasteiger charge is 2.17. The van der Waals surface area contributed by atoms with Gasteiger partial charge in [-0.2, -0.15) is 0 Å². The molecule has 0 aliphatic carbocycles. The van der Waals surface area contributed by atoms with Crippen LogP contribution < -0.4 is 4.72 Å². The first kappa shape index (κ1) is 19.1. The number of amides is 1. The van der Waals surface area contributed by atoms with Gasteiger partial charge in [-0.05, 0) is 31.2 Å². The first-order valence-corrected chi connectivity index (χ1v) is 9.41. The molecule has 0 saturated heterocycles. The lowest BCUT2D eigenvalue weighted by molar-refractivity contribution is 0.0783. The fourth-order valence-corrected chi connectivity index (χ4v) is 2.83. The molecule has 0 unspecified atom stereocenters. The Labute approximate surface area is 150 Å². The van der Waals surface area contributed by atoms with Gasteiger partial charge in [0.1, 0.15) is 11.6 Å². The van der Waals surface area contributed by atoms with Gasteiger partial charge in [0.15, 0.2) is 0 Å². The van der Waals surface area contributed by atoms with Gasteiger partial charge in [0.2, 0.25) is 10.0 Å². The molecule has 0 radical (unpaired) electrons. The molecule has 0 spiro atoms. The Balaban J connectivity index is 2.12. The minimum Gasteiger partial charge on any atom is -0.337 e. The monoisotopic (exact) mass is 385 g/mol. The van der Waals surface area contributed by atoms with E-state index in [-0.39, 0.29) is 34.3 Å². The maximum absolute atomic E-state index is 13.8. The number of aromatic nitrogens is 1. The van der Waals surface area contributed by atoms with E-state index in [1.807, 2.05) is 0 Å². The van der Waals surface area contributed by atoms with E-state index in [2.05, 4.69) is 9.71 Å². The Bertz CT molecular complexity index is 852. The largest absolute Gasteiger partial charge is 0.337 e. The van der Waals surface area contributed by atoms with Crippen molar-refractivity contribution >= 4 is 33.3 Å². The average Bonchev–Trinajstić information content (AvgIpc) is 2.58. The summed E-state index contributed by atoms with van der Waals surface area (Å²) in [5.74, 6) is -0.842. The number of nitrogens with zero attached hydrogens (tertiary/aromatic N) is 2. The van der Waals surface area contributed by atoms with Crippen molar-refractivity contribution in [2.75, 3.05) is 17.5 Å². The van der Waals surface area contributed by atoms with Crippen molar-refractivity contribution < 1.29 is 17.6 Å². The van der Waals surface area contributed by atoms with Crippen LogP contribution >= 0.6 is 11.6 Å². The number of hydrogen-bond acceptors (Lipinski definition) is 4. The highest BCUT2D eigenvalue weighted by molar-refractivity contribution is 7.92. The van der Waals surface area contributed by atoms with Crippen molar-refractivity contribution in [3.05, 3.63) is 58.5 Å². The lowest BCUT2D eigenvalue weighted by atomic mass is 10.2. The fourth-order valence-electron chi connectivity index (χ4n) is 2.02. The zero-order valence-electron chi connectivity index (χ0n) is 13.7. The number of sulfonamides is 1. The molecule has 0 atom stereocenters. The van der Waals surface area contributed by atoms with Crippen LogP contribution in [0.4, 0.5) is 10.2 Å². The van der Waals surface area contributed by atoms with Crippen LogP contribution in [0.3, 0.4) is 0 Å². The molecule has 25 heavy (non-hydrogen) atoms. The number of carbonyl (C=O) groups excluding carboxylic acids is 1. The second-order valence-corrected chi connectivity index (χ2v) is 7.72. The number of pyridine rings is 1. The Kier molecular flexibility index (Phi) is 5.97. The molecule has 2 aromatic rings. The van der Waals surface area contributed by atoms with Crippen molar-refractivity contribution in [1.29, 1.82) is 0 Å².